The van der Waals surface area contributed by atoms with Crippen LogP contribution >= 0.6 is 11.3 Å². The summed E-state index contributed by atoms with van der Waals surface area (Å²) >= 11 is 1.01. The van der Waals surface area contributed by atoms with Crippen LogP contribution in [0.3, 0.4) is 0 Å². The normalized spacial score (nSPS) is 11.7. The van der Waals surface area contributed by atoms with Crippen LogP contribution in [0.2, 0.25) is 0 Å². The number of carbonyl (C=O) groups is 1. The molecule has 4 aromatic rings. The first kappa shape index (κ1) is 23.3. The molecule has 4 rings (SSSR count). The second-order valence-electron chi connectivity index (χ2n) is 7.70. The molecule has 0 saturated carbocycles. The zero-order valence-electron chi connectivity index (χ0n) is 18.6. The maximum Gasteiger partial charge on any atom is 0.338 e. The van der Waals surface area contributed by atoms with Crippen molar-refractivity contribution >= 4 is 17.3 Å². The van der Waals surface area contributed by atoms with Gasteiger partial charge in [0.25, 0.3) is 0 Å². The number of rotatable bonds is 9. The lowest BCUT2D eigenvalue weighted by Crippen LogP contribution is -2.10. The number of hydrogen-bond acceptors (Lipinski definition) is 7. The van der Waals surface area contributed by atoms with Crippen molar-refractivity contribution in [3.63, 3.8) is 0 Å². The van der Waals surface area contributed by atoms with Crippen molar-refractivity contribution in [2.24, 2.45) is 0 Å². The molecular weight excluding hydrogens is 452 g/mol. The number of pyridine rings is 1. The third-order valence-electron chi connectivity index (χ3n) is 5.23. The van der Waals surface area contributed by atoms with Crippen LogP contribution in [0.5, 0.6) is 11.6 Å². The summed E-state index contributed by atoms with van der Waals surface area (Å²) in [5.41, 5.74) is 3.18. The molecule has 0 amide bonds. The molecule has 0 bridgehead atoms. The van der Waals surface area contributed by atoms with E-state index >= 15 is 0 Å². The van der Waals surface area contributed by atoms with Gasteiger partial charge in [0.05, 0.1) is 17.0 Å². The number of esters is 1. The van der Waals surface area contributed by atoms with E-state index in [1.165, 1.54) is 0 Å². The van der Waals surface area contributed by atoms with Gasteiger partial charge in [-0.1, -0.05) is 47.7 Å². The van der Waals surface area contributed by atoms with E-state index < -0.39 is 6.10 Å². The third kappa shape index (κ3) is 6.11. The van der Waals surface area contributed by atoms with Gasteiger partial charge in [-0.2, -0.15) is 0 Å². The first-order valence-corrected chi connectivity index (χ1v) is 11.6. The predicted octanol–water partition coefficient (Wildman–Crippen LogP) is 4.67. The van der Waals surface area contributed by atoms with Crippen molar-refractivity contribution < 1.29 is 19.4 Å². The lowest BCUT2D eigenvalue weighted by atomic mass is 10.1. The SMILES string of the molecule is CC(OC(=O)c1ccccc1)c1ccc(CCOc2ccc(Cc3sc(=O)[nH]c3O)cc2)nc1. The summed E-state index contributed by atoms with van der Waals surface area (Å²) < 4.78 is 11.3. The molecule has 1 atom stereocenters. The lowest BCUT2D eigenvalue weighted by molar-refractivity contribution is 0.0337. The van der Waals surface area contributed by atoms with E-state index in [2.05, 4.69) is 9.97 Å². The van der Waals surface area contributed by atoms with Crippen molar-refractivity contribution in [1.82, 2.24) is 9.97 Å². The number of carbonyl (C=O) groups excluding carboxylic acids is 1. The molecule has 0 radical (unpaired) electrons. The summed E-state index contributed by atoms with van der Waals surface area (Å²) in [6.07, 6.45) is 2.42. The van der Waals surface area contributed by atoms with Crippen molar-refractivity contribution in [2.45, 2.75) is 25.9 Å². The molecule has 174 valence electrons. The van der Waals surface area contributed by atoms with Crippen LogP contribution in [0, 0.1) is 0 Å². The minimum Gasteiger partial charge on any atom is -0.494 e. The van der Waals surface area contributed by atoms with Gasteiger partial charge in [0.2, 0.25) is 5.88 Å². The number of nitrogens with zero attached hydrogens (tertiary/aromatic N) is 1. The van der Waals surface area contributed by atoms with Gasteiger partial charge in [-0.25, -0.2) is 4.79 Å². The Bertz CT molecular complexity index is 1280. The van der Waals surface area contributed by atoms with Gasteiger partial charge in [0, 0.05) is 30.3 Å². The molecule has 7 nitrogen and oxygen atoms in total. The summed E-state index contributed by atoms with van der Waals surface area (Å²) in [7, 11) is 0. The summed E-state index contributed by atoms with van der Waals surface area (Å²) in [6, 6.07) is 20.2. The van der Waals surface area contributed by atoms with Gasteiger partial charge >= 0.3 is 10.8 Å². The van der Waals surface area contributed by atoms with Crippen molar-refractivity contribution in [2.75, 3.05) is 6.61 Å². The number of nitrogens with one attached hydrogen (secondary N) is 1. The molecule has 8 heteroatoms. The Morgan fingerprint density at radius 1 is 1.09 bits per heavy atom. The molecule has 0 aliphatic heterocycles. The molecule has 2 N–H and O–H groups in total. The molecular formula is C26H24N2O5S. The molecule has 0 spiro atoms. The maximum atomic E-state index is 12.2. The van der Waals surface area contributed by atoms with Crippen LogP contribution in [0.25, 0.3) is 0 Å². The zero-order chi connectivity index (χ0) is 23.9. The van der Waals surface area contributed by atoms with E-state index in [0.717, 1.165) is 33.9 Å². The van der Waals surface area contributed by atoms with E-state index in [1.807, 2.05) is 49.4 Å². The zero-order valence-corrected chi connectivity index (χ0v) is 19.4. The molecule has 0 saturated heterocycles. The van der Waals surface area contributed by atoms with Gasteiger partial charge in [-0.3, -0.25) is 14.8 Å². The molecule has 0 fully saturated rings. The van der Waals surface area contributed by atoms with Gasteiger partial charge < -0.3 is 14.6 Å². The van der Waals surface area contributed by atoms with Crippen LogP contribution in [0.15, 0.2) is 77.7 Å². The second kappa shape index (κ2) is 10.8. The van der Waals surface area contributed by atoms with E-state index in [9.17, 15) is 14.7 Å². The molecule has 1 unspecified atom stereocenters. The minimum atomic E-state index is -0.404. The number of hydrogen-bond donors (Lipinski definition) is 2. The monoisotopic (exact) mass is 476 g/mol. The summed E-state index contributed by atoms with van der Waals surface area (Å²) in [6.45, 7) is 2.28. The number of aromatic hydroxyl groups is 1. The van der Waals surface area contributed by atoms with E-state index in [1.54, 1.807) is 30.5 Å². The minimum absolute atomic E-state index is 0.0717. The van der Waals surface area contributed by atoms with E-state index in [0.29, 0.717) is 29.9 Å². The van der Waals surface area contributed by atoms with Crippen LogP contribution < -0.4 is 9.61 Å². The Morgan fingerprint density at radius 2 is 1.85 bits per heavy atom. The van der Waals surface area contributed by atoms with Crippen LogP contribution in [-0.4, -0.2) is 27.7 Å². The number of ether oxygens (including phenoxy) is 2. The molecule has 2 aromatic carbocycles. The highest BCUT2D eigenvalue weighted by molar-refractivity contribution is 7.09. The Balaban J connectivity index is 1.24. The van der Waals surface area contributed by atoms with Crippen molar-refractivity contribution in [1.29, 1.82) is 0 Å². The van der Waals surface area contributed by atoms with E-state index in [-0.39, 0.29) is 16.7 Å². The Hall–Kier alpha value is -3.91. The fraction of sp³-hybridized carbons (Fsp3) is 0.192. The van der Waals surface area contributed by atoms with Gasteiger partial charge in [0.1, 0.15) is 11.9 Å². The summed E-state index contributed by atoms with van der Waals surface area (Å²) in [5.74, 6) is 0.295. The highest BCUT2D eigenvalue weighted by Gasteiger charge is 2.14. The van der Waals surface area contributed by atoms with Crippen molar-refractivity contribution in [3.8, 4) is 11.6 Å². The molecule has 2 aromatic heterocycles. The number of aromatic nitrogens is 2. The third-order valence-corrected chi connectivity index (χ3v) is 6.10. The number of benzene rings is 2. The number of H-pyrrole nitrogens is 1. The Kier molecular flexibility index (Phi) is 7.39. The number of thiazole rings is 1. The Morgan fingerprint density at radius 3 is 2.50 bits per heavy atom. The summed E-state index contributed by atoms with van der Waals surface area (Å²) in [4.78, 5) is 30.7. The lowest BCUT2D eigenvalue weighted by Gasteiger charge is -2.14. The highest BCUT2D eigenvalue weighted by atomic mass is 32.1. The number of aromatic amines is 1. The van der Waals surface area contributed by atoms with Crippen LogP contribution in [-0.2, 0) is 17.6 Å². The Labute approximate surface area is 200 Å². The van der Waals surface area contributed by atoms with E-state index in [4.69, 9.17) is 9.47 Å². The molecule has 0 aliphatic carbocycles. The fourth-order valence-electron chi connectivity index (χ4n) is 3.33. The smallest absolute Gasteiger partial charge is 0.338 e. The maximum absolute atomic E-state index is 12.2. The first-order chi connectivity index (χ1) is 16.5. The largest absolute Gasteiger partial charge is 0.494 e. The van der Waals surface area contributed by atoms with Gasteiger partial charge in [0.15, 0.2) is 0 Å². The second-order valence-corrected chi connectivity index (χ2v) is 8.77. The van der Waals surface area contributed by atoms with Crippen LogP contribution in [0.1, 0.15) is 45.1 Å². The topological polar surface area (TPSA) is 102 Å². The standard InChI is InChI=1S/C26H24N2O5S/c1-17(33-25(30)19-5-3-2-4-6-19)20-9-10-21(27-16-20)13-14-32-22-11-7-18(8-12-22)15-23-24(29)28-26(31)34-23/h2-12,16-17,29H,13-15H2,1H3,(H,28,31). The van der Waals surface area contributed by atoms with Gasteiger partial charge in [-0.05, 0) is 42.8 Å². The first-order valence-electron chi connectivity index (χ1n) is 10.8. The molecule has 0 aliphatic rings. The highest BCUT2D eigenvalue weighted by Crippen LogP contribution is 2.22. The predicted molar refractivity (Wildman–Crippen MR) is 130 cm³/mol. The van der Waals surface area contributed by atoms with Crippen LogP contribution in [0.4, 0.5) is 0 Å². The summed E-state index contributed by atoms with van der Waals surface area (Å²) in [5, 5.41) is 9.71. The molecule has 34 heavy (non-hydrogen) atoms. The average molecular weight is 477 g/mol. The fourth-order valence-corrected chi connectivity index (χ4v) is 4.09. The quantitative estimate of drug-likeness (QED) is 0.341. The average Bonchev–Trinajstić information content (AvgIpc) is 3.17. The molecule has 2 heterocycles. The van der Waals surface area contributed by atoms with Gasteiger partial charge in [-0.15, -0.1) is 0 Å². The van der Waals surface area contributed by atoms with Crippen molar-refractivity contribution in [3.05, 3.63) is 110 Å².